The Hall–Kier alpha value is -0.460. The summed E-state index contributed by atoms with van der Waals surface area (Å²) in [5, 5.41) is 54.2. The molecule has 0 heterocycles. The highest BCUT2D eigenvalue weighted by atomic mass is 16.3. The van der Waals surface area contributed by atoms with Crippen LogP contribution in [0.1, 0.15) is 107 Å². The van der Waals surface area contributed by atoms with E-state index < -0.39 is 30.0 Å². The van der Waals surface area contributed by atoms with Crippen LogP contribution in [0, 0.1) is 39.4 Å². The van der Waals surface area contributed by atoms with Gasteiger partial charge in [-0.15, -0.1) is 0 Å². The smallest absolute Gasteiger partial charge is 0.0853 e. The third kappa shape index (κ3) is 3.81. The number of rotatable bonds is 5. The summed E-state index contributed by atoms with van der Waals surface area (Å²) in [6.07, 6.45) is 4.11. The van der Waals surface area contributed by atoms with Gasteiger partial charge in [-0.25, -0.2) is 0 Å². The Morgan fingerprint density at radius 3 is 2.20 bits per heavy atom. The van der Waals surface area contributed by atoms with Gasteiger partial charge in [0.1, 0.15) is 0 Å². The minimum atomic E-state index is -1.10. The molecular weight excluding hydrogens is 440 g/mol. The quantitative estimate of drug-likeness (QED) is 0.362. The summed E-state index contributed by atoms with van der Waals surface area (Å²) in [7, 11) is 0. The molecule has 0 radical (unpaired) electrons. The SMILES string of the molecule is C[C@H](CC[C@@H](O)C(C)(C)O)[C@H]1CC[C@@]2(C)C3=C(C[C@H](O)[C@]12C)[C@@]1(C)C[C@@H](O)[C@H](O)C(C)(C)[C@@H]1CC3. The lowest BCUT2D eigenvalue weighted by molar-refractivity contribution is -0.163. The first-order valence-electron chi connectivity index (χ1n) is 14.1. The third-order valence-electron chi connectivity index (χ3n) is 12.2. The Morgan fingerprint density at radius 1 is 0.971 bits per heavy atom. The maximum Gasteiger partial charge on any atom is 0.0853 e. The van der Waals surface area contributed by atoms with Gasteiger partial charge in [-0.3, -0.25) is 0 Å². The number of aliphatic hydroxyl groups is 5. The molecule has 0 bridgehead atoms. The van der Waals surface area contributed by atoms with Crippen LogP contribution in [-0.4, -0.2) is 55.5 Å². The first-order chi connectivity index (χ1) is 15.9. The predicted octanol–water partition coefficient (Wildman–Crippen LogP) is 4.59. The lowest BCUT2D eigenvalue weighted by atomic mass is 9.42. The lowest BCUT2D eigenvalue weighted by Gasteiger charge is -2.63. The van der Waals surface area contributed by atoms with Crippen molar-refractivity contribution in [3.63, 3.8) is 0 Å². The van der Waals surface area contributed by atoms with Gasteiger partial charge in [0.15, 0.2) is 0 Å². The predicted molar refractivity (Wildman–Crippen MR) is 139 cm³/mol. The van der Waals surface area contributed by atoms with Gasteiger partial charge >= 0.3 is 0 Å². The molecule has 4 aliphatic rings. The van der Waals surface area contributed by atoms with E-state index in [0.717, 1.165) is 32.1 Å². The van der Waals surface area contributed by atoms with E-state index >= 15 is 0 Å². The molecule has 5 nitrogen and oxygen atoms in total. The Morgan fingerprint density at radius 2 is 1.60 bits per heavy atom. The zero-order chi connectivity index (χ0) is 26.4. The molecular formula is C30H52O5. The Kier molecular flexibility index (Phi) is 6.72. The Labute approximate surface area is 213 Å². The van der Waals surface area contributed by atoms with Crippen LogP contribution in [0.2, 0.25) is 0 Å². The molecule has 0 spiro atoms. The van der Waals surface area contributed by atoms with Crippen molar-refractivity contribution in [3.05, 3.63) is 11.1 Å². The van der Waals surface area contributed by atoms with Crippen LogP contribution in [0.25, 0.3) is 0 Å². The molecule has 0 unspecified atom stereocenters. The van der Waals surface area contributed by atoms with Gasteiger partial charge in [-0.2, -0.15) is 0 Å². The van der Waals surface area contributed by atoms with Gasteiger partial charge in [0.25, 0.3) is 0 Å². The molecule has 35 heavy (non-hydrogen) atoms. The molecule has 4 rings (SSSR count). The molecule has 202 valence electrons. The maximum absolute atomic E-state index is 11.9. The second-order valence-corrected chi connectivity index (χ2v) is 14.7. The maximum atomic E-state index is 11.9. The summed E-state index contributed by atoms with van der Waals surface area (Å²) in [4.78, 5) is 0. The number of fused-ring (bicyclic) bond motifs is 4. The first kappa shape index (κ1) is 27.6. The molecule has 0 aromatic rings. The molecule has 10 atom stereocenters. The minimum absolute atomic E-state index is 0.0903. The molecule has 5 heteroatoms. The van der Waals surface area contributed by atoms with Gasteiger partial charge in [-0.1, -0.05) is 52.7 Å². The fourth-order valence-corrected chi connectivity index (χ4v) is 9.75. The van der Waals surface area contributed by atoms with Crippen molar-refractivity contribution in [2.75, 3.05) is 0 Å². The monoisotopic (exact) mass is 492 g/mol. The molecule has 0 aromatic heterocycles. The van der Waals surface area contributed by atoms with E-state index in [1.54, 1.807) is 13.8 Å². The average molecular weight is 493 g/mol. The summed E-state index contributed by atoms with van der Waals surface area (Å²) in [5.41, 5.74) is 0.884. The third-order valence-corrected chi connectivity index (χ3v) is 12.2. The fourth-order valence-electron chi connectivity index (χ4n) is 9.75. The van der Waals surface area contributed by atoms with E-state index in [1.807, 2.05) is 0 Å². The van der Waals surface area contributed by atoms with Crippen LogP contribution >= 0.6 is 0 Å². The molecule has 2 fully saturated rings. The van der Waals surface area contributed by atoms with Gasteiger partial charge < -0.3 is 25.5 Å². The largest absolute Gasteiger partial charge is 0.392 e. The van der Waals surface area contributed by atoms with E-state index in [0.29, 0.717) is 31.1 Å². The molecule has 4 aliphatic carbocycles. The molecule has 0 saturated heterocycles. The van der Waals surface area contributed by atoms with Crippen LogP contribution in [-0.2, 0) is 0 Å². The Balaban J connectivity index is 1.67. The van der Waals surface area contributed by atoms with Gasteiger partial charge in [0.2, 0.25) is 0 Å². The van der Waals surface area contributed by atoms with E-state index in [1.165, 1.54) is 11.1 Å². The van der Waals surface area contributed by atoms with Crippen molar-refractivity contribution in [2.45, 2.75) is 137 Å². The molecule has 2 saturated carbocycles. The highest BCUT2D eigenvalue weighted by molar-refractivity contribution is 5.40. The summed E-state index contributed by atoms with van der Waals surface area (Å²) < 4.78 is 0. The molecule has 0 amide bonds. The van der Waals surface area contributed by atoms with Gasteiger partial charge in [0.05, 0.1) is 30.0 Å². The van der Waals surface area contributed by atoms with Crippen molar-refractivity contribution < 1.29 is 25.5 Å². The minimum Gasteiger partial charge on any atom is -0.392 e. The van der Waals surface area contributed by atoms with Crippen molar-refractivity contribution in [1.82, 2.24) is 0 Å². The van der Waals surface area contributed by atoms with Crippen LogP contribution in [0.5, 0.6) is 0 Å². The zero-order valence-corrected chi connectivity index (χ0v) is 23.4. The van der Waals surface area contributed by atoms with Crippen molar-refractivity contribution in [2.24, 2.45) is 39.4 Å². The van der Waals surface area contributed by atoms with E-state index in [-0.39, 0.29) is 27.6 Å². The van der Waals surface area contributed by atoms with E-state index in [4.69, 9.17) is 0 Å². The first-order valence-corrected chi connectivity index (χ1v) is 14.1. The van der Waals surface area contributed by atoms with Crippen LogP contribution in [0.15, 0.2) is 11.1 Å². The van der Waals surface area contributed by atoms with Gasteiger partial charge in [-0.05, 0) is 99.2 Å². The summed E-state index contributed by atoms with van der Waals surface area (Å²) in [6, 6.07) is 0. The van der Waals surface area contributed by atoms with Gasteiger partial charge in [0, 0.05) is 5.41 Å². The second kappa shape index (κ2) is 8.53. The van der Waals surface area contributed by atoms with Crippen molar-refractivity contribution in [1.29, 1.82) is 0 Å². The topological polar surface area (TPSA) is 101 Å². The second-order valence-electron chi connectivity index (χ2n) is 14.7. The lowest BCUT2D eigenvalue weighted by Crippen LogP contribution is -2.61. The molecule has 5 N–H and O–H groups in total. The normalized spacial score (nSPS) is 47.1. The van der Waals surface area contributed by atoms with Crippen molar-refractivity contribution >= 4 is 0 Å². The number of allylic oxidation sites excluding steroid dienone is 1. The Bertz CT molecular complexity index is 857. The standard InChI is InChI=1S/C30H52O5/c1-17(9-12-23(32)27(4,5)35)18-13-14-29(7)19-10-11-22-26(2,3)25(34)21(31)16-28(22,6)20(19)15-24(33)30(18,29)8/h17-18,21-25,31-35H,9-16H2,1-8H3/t17-,18-,21-,22+,23-,24+,25+,28-,29+,30+/m1/s1. The van der Waals surface area contributed by atoms with E-state index in [9.17, 15) is 25.5 Å². The van der Waals surface area contributed by atoms with E-state index in [2.05, 4.69) is 41.5 Å². The van der Waals surface area contributed by atoms with Crippen LogP contribution in [0.3, 0.4) is 0 Å². The number of aliphatic hydroxyl groups excluding tert-OH is 4. The fraction of sp³-hybridized carbons (Fsp3) is 0.933. The summed E-state index contributed by atoms with van der Waals surface area (Å²) in [5.74, 6) is 0.978. The number of hydrogen-bond acceptors (Lipinski definition) is 5. The number of hydrogen-bond donors (Lipinski definition) is 5. The zero-order valence-electron chi connectivity index (χ0n) is 23.4. The summed E-state index contributed by atoms with van der Waals surface area (Å²) >= 11 is 0. The average Bonchev–Trinajstić information content (AvgIpc) is 3.03. The molecule has 0 aromatic carbocycles. The van der Waals surface area contributed by atoms with Crippen LogP contribution < -0.4 is 0 Å². The van der Waals surface area contributed by atoms with Crippen molar-refractivity contribution in [3.8, 4) is 0 Å². The van der Waals surface area contributed by atoms with Crippen LogP contribution in [0.4, 0.5) is 0 Å². The summed E-state index contributed by atoms with van der Waals surface area (Å²) in [6.45, 7) is 16.8. The highest BCUT2D eigenvalue weighted by Gasteiger charge is 2.66. The molecule has 0 aliphatic heterocycles. The highest BCUT2D eigenvalue weighted by Crippen LogP contribution is 2.72.